The van der Waals surface area contributed by atoms with E-state index in [0.29, 0.717) is 18.2 Å². The molecule has 1 aliphatic heterocycles. The van der Waals surface area contributed by atoms with Crippen LogP contribution in [0.15, 0.2) is 18.2 Å². The molecule has 0 atom stereocenters. The van der Waals surface area contributed by atoms with Gasteiger partial charge in [-0.05, 0) is 26.0 Å². The van der Waals surface area contributed by atoms with Gasteiger partial charge in [0, 0.05) is 45.2 Å². The average molecular weight is 275 g/mol. The Kier molecular flexibility index (Phi) is 5.26. The van der Waals surface area contributed by atoms with Crippen LogP contribution in [-0.2, 0) is 6.54 Å². The van der Waals surface area contributed by atoms with Gasteiger partial charge in [-0.3, -0.25) is 14.6 Å². The first-order valence-corrected chi connectivity index (χ1v) is 7.55. The minimum Gasteiger partial charge on any atom is -0.298 e. The molecule has 4 heteroatoms. The number of hydrogen-bond donors (Lipinski definition) is 0. The molecule has 0 aliphatic carbocycles. The van der Waals surface area contributed by atoms with Gasteiger partial charge < -0.3 is 0 Å². The molecular weight excluding hydrogens is 250 g/mol. The highest BCUT2D eigenvalue weighted by molar-refractivity contribution is 5.93. The topological polar surface area (TPSA) is 36.4 Å². The summed E-state index contributed by atoms with van der Waals surface area (Å²) in [7, 11) is 0. The molecule has 1 aliphatic rings. The lowest BCUT2D eigenvalue weighted by Crippen LogP contribution is -2.48. The van der Waals surface area contributed by atoms with Crippen molar-refractivity contribution < 1.29 is 4.79 Å². The second-order valence-electron chi connectivity index (χ2n) is 5.70. The zero-order valence-corrected chi connectivity index (χ0v) is 12.8. The van der Waals surface area contributed by atoms with Crippen LogP contribution >= 0.6 is 0 Å². The average Bonchev–Trinajstić information content (AvgIpc) is 2.47. The molecule has 110 valence electrons. The molecule has 1 fully saturated rings. The van der Waals surface area contributed by atoms with Gasteiger partial charge >= 0.3 is 0 Å². The highest BCUT2D eigenvalue weighted by Crippen LogP contribution is 2.10. The Bertz CT molecular complexity index is 451. The lowest BCUT2D eigenvalue weighted by molar-refractivity contribution is 0.0977. The Morgan fingerprint density at radius 3 is 2.55 bits per heavy atom. The van der Waals surface area contributed by atoms with Crippen LogP contribution in [0.4, 0.5) is 0 Å². The van der Waals surface area contributed by atoms with Gasteiger partial charge in [0.05, 0.1) is 5.69 Å². The van der Waals surface area contributed by atoms with E-state index in [2.05, 4.69) is 28.6 Å². The van der Waals surface area contributed by atoms with Gasteiger partial charge in [-0.25, -0.2) is 4.98 Å². The van der Waals surface area contributed by atoms with Crippen LogP contribution in [0.3, 0.4) is 0 Å². The summed E-state index contributed by atoms with van der Waals surface area (Å²) in [6.07, 6.45) is 0.517. The first-order valence-electron chi connectivity index (χ1n) is 7.55. The molecule has 0 amide bonds. The smallest absolute Gasteiger partial charge is 0.180 e. The summed E-state index contributed by atoms with van der Waals surface area (Å²) in [5.74, 6) is 0.122. The molecule has 20 heavy (non-hydrogen) atoms. The molecule has 0 radical (unpaired) electrons. The van der Waals surface area contributed by atoms with Gasteiger partial charge in [-0.15, -0.1) is 0 Å². The van der Waals surface area contributed by atoms with E-state index >= 15 is 0 Å². The van der Waals surface area contributed by atoms with Crippen LogP contribution in [0.1, 0.15) is 43.4 Å². The van der Waals surface area contributed by atoms with Crippen molar-refractivity contribution in [1.82, 2.24) is 14.8 Å². The van der Waals surface area contributed by atoms with E-state index in [1.54, 1.807) is 0 Å². The van der Waals surface area contributed by atoms with Crippen molar-refractivity contribution in [1.29, 1.82) is 0 Å². The minimum atomic E-state index is 0.122. The van der Waals surface area contributed by atoms with Crippen molar-refractivity contribution in [2.75, 3.05) is 26.2 Å². The SMILES string of the molecule is CCC(=O)c1cccc(CN2CCN(C(C)C)CC2)n1. The molecule has 1 aromatic rings. The van der Waals surface area contributed by atoms with Gasteiger partial charge in [0.25, 0.3) is 0 Å². The fourth-order valence-electron chi connectivity index (χ4n) is 2.57. The summed E-state index contributed by atoms with van der Waals surface area (Å²) < 4.78 is 0. The van der Waals surface area contributed by atoms with E-state index in [0.717, 1.165) is 38.4 Å². The molecule has 0 N–H and O–H groups in total. The third-order valence-corrected chi connectivity index (χ3v) is 3.94. The van der Waals surface area contributed by atoms with Gasteiger partial charge in [-0.1, -0.05) is 13.0 Å². The maximum atomic E-state index is 11.7. The second-order valence-corrected chi connectivity index (χ2v) is 5.70. The number of hydrogen-bond acceptors (Lipinski definition) is 4. The van der Waals surface area contributed by atoms with Crippen LogP contribution in [0.5, 0.6) is 0 Å². The zero-order valence-electron chi connectivity index (χ0n) is 12.8. The van der Waals surface area contributed by atoms with E-state index < -0.39 is 0 Å². The third kappa shape index (κ3) is 3.87. The first kappa shape index (κ1) is 15.1. The summed E-state index contributed by atoms with van der Waals surface area (Å²) in [4.78, 5) is 21.1. The Morgan fingerprint density at radius 1 is 1.25 bits per heavy atom. The summed E-state index contributed by atoms with van der Waals surface area (Å²) in [6, 6.07) is 6.39. The lowest BCUT2D eigenvalue weighted by Gasteiger charge is -2.36. The normalized spacial score (nSPS) is 17.6. The Balaban J connectivity index is 1.93. The maximum absolute atomic E-state index is 11.7. The van der Waals surface area contributed by atoms with E-state index in [-0.39, 0.29) is 5.78 Å². The third-order valence-electron chi connectivity index (χ3n) is 3.94. The standard InChI is InChI=1S/C16H25N3O/c1-4-16(20)15-7-5-6-14(17-15)12-18-8-10-19(11-9-18)13(2)3/h5-7,13H,4,8-12H2,1-3H3. The van der Waals surface area contributed by atoms with E-state index in [9.17, 15) is 4.79 Å². The van der Waals surface area contributed by atoms with E-state index in [1.807, 2.05) is 25.1 Å². The van der Waals surface area contributed by atoms with Crippen molar-refractivity contribution in [3.63, 3.8) is 0 Å². The number of rotatable bonds is 5. The van der Waals surface area contributed by atoms with E-state index in [4.69, 9.17) is 0 Å². The molecule has 0 spiro atoms. The predicted molar refractivity (Wildman–Crippen MR) is 80.8 cm³/mol. The molecule has 0 saturated carbocycles. The molecule has 2 rings (SSSR count). The Hall–Kier alpha value is -1.26. The van der Waals surface area contributed by atoms with Crippen LogP contribution in [0.25, 0.3) is 0 Å². The fraction of sp³-hybridized carbons (Fsp3) is 0.625. The van der Waals surface area contributed by atoms with Crippen LogP contribution in [0, 0.1) is 0 Å². The highest BCUT2D eigenvalue weighted by Gasteiger charge is 2.19. The largest absolute Gasteiger partial charge is 0.298 e. The van der Waals surface area contributed by atoms with Gasteiger partial charge in [0.1, 0.15) is 5.69 Å². The molecule has 0 aromatic carbocycles. The Labute approximate surface area is 121 Å². The first-order chi connectivity index (χ1) is 9.60. The molecule has 2 heterocycles. The number of carbonyl (C=O) groups excluding carboxylic acids is 1. The maximum Gasteiger partial charge on any atom is 0.180 e. The minimum absolute atomic E-state index is 0.122. The number of piperazine rings is 1. The fourth-order valence-corrected chi connectivity index (χ4v) is 2.57. The lowest BCUT2D eigenvalue weighted by atomic mass is 10.2. The number of carbonyl (C=O) groups is 1. The summed E-state index contributed by atoms with van der Waals surface area (Å²) in [5.41, 5.74) is 1.60. The van der Waals surface area contributed by atoms with Crippen LogP contribution in [0.2, 0.25) is 0 Å². The number of pyridine rings is 1. The molecule has 0 bridgehead atoms. The molecule has 1 saturated heterocycles. The highest BCUT2D eigenvalue weighted by atomic mass is 16.1. The monoisotopic (exact) mass is 275 g/mol. The van der Waals surface area contributed by atoms with Crippen LogP contribution < -0.4 is 0 Å². The van der Waals surface area contributed by atoms with Gasteiger partial charge in [0.15, 0.2) is 5.78 Å². The quantitative estimate of drug-likeness (QED) is 0.772. The van der Waals surface area contributed by atoms with Crippen LogP contribution in [-0.4, -0.2) is 52.8 Å². The summed E-state index contributed by atoms with van der Waals surface area (Å²) in [6.45, 7) is 11.6. The van der Waals surface area contributed by atoms with Gasteiger partial charge in [-0.2, -0.15) is 0 Å². The molecule has 0 unspecified atom stereocenters. The summed E-state index contributed by atoms with van der Waals surface area (Å²) in [5, 5.41) is 0. The second kappa shape index (κ2) is 6.95. The van der Waals surface area contributed by atoms with Crippen molar-refractivity contribution in [3.8, 4) is 0 Å². The number of Topliss-reactive ketones (excluding diaryl/α,β-unsaturated/α-hetero) is 1. The number of nitrogens with zero attached hydrogens (tertiary/aromatic N) is 3. The van der Waals surface area contributed by atoms with Crippen molar-refractivity contribution in [2.45, 2.75) is 39.8 Å². The van der Waals surface area contributed by atoms with Crippen molar-refractivity contribution in [3.05, 3.63) is 29.6 Å². The molecule has 4 nitrogen and oxygen atoms in total. The van der Waals surface area contributed by atoms with Crippen molar-refractivity contribution >= 4 is 5.78 Å². The van der Waals surface area contributed by atoms with Gasteiger partial charge in [0.2, 0.25) is 0 Å². The molecule has 1 aromatic heterocycles. The Morgan fingerprint density at radius 2 is 1.95 bits per heavy atom. The zero-order chi connectivity index (χ0) is 14.5. The number of ketones is 1. The predicted octanol–water partition coefficient (Wildman–Crippen LogP) is 2.20. The molecular formula is C16H25N3O. The van der Waals surface area contributed by atoms with Crippen molar-refractivity contribution in [2.24, 2.45) is 0 Å². The summed E-state index contributed by atoms with van der Waals surface area (Å²) >= 11 is 0. The number of aromatic nitrogens is 1. The van der Waals surface area contributed by atoms with E-state index in [1.165, 1.54) is 0 Å².